The van der Waals surface area contributed by atoms with Gasteiger partial charge in [0.05, 0.1) is 12.2 Å². The van der Waals surface area contributed by atoms with E-state index in [0.29, 0.717) is 22.8 Å². The van der Waals surface area contributed by atoms with Crippen molar-refractivity contribution in [2.75, 3.05) is 13.7 Å². The first-order valence-corrected chi connectivity index (χ1v) is 14.9. The summed E-state index contributed by atoms with van der Waals surface area (Å²) in [6.45, 7) is 11.1. The third kappa shape index (κ3) is 9.98. The summed E-state index contributed by atoms with van der Waals surface area (Å²) < 4.78 is 21.8. The molecule has 0 spiro atoms. The van der Waals surface area contributed by atoms with Crippen molar-refractivity contribution in [1.82, 2.24) is 0 Å². The molecule has 7 heteroatoms. The van der Waals surface area contributed by atoms with E-state index in [2.05, 4.69) is 20.1 Å². The van der Waals surface area contributed by atoms with Crippen LogP contribution in [0.1, 0.15) is 88.4 Å². The Bertz CT molecular complexity index is 1240. The first-order chi connectivity index (χ1) is 20.2. The highest BCUT2D eigenvalue weighted by atomic mass is 16.6. The van der Waals surface area contributed by atoms with Gasteiger partial charge < -0.3 is 18.9 Å². The van der Waals surface area contributed by atoms with Crippen molar-refractivity contribution in [3.63, 3.8) is 0 Å². The molecular weight excluding hydrogens is 532 g/mol. The van der Waals surface area contributed by atoms with Gasteiger partial charge in [-0.15, -0.1) is 0 Å². The lowest BCUT2D eigenvalue weighted by molar-refractivity contribution is -0.131. The van der Waals surface area contributed by atoms with Crippen LogP contribution >= 0.6 is 0 Å². The first-order valence-electron chi connectivity index (χ1n) is 14.9. The van der Waals surface area contributed by atoms with Crippen molar-refractivity contribution in [3.8, 4) is 22.6 Å². The highest BCUT2D eigenvalue weighted by molar-refractivity contribution is 5.97. The molecule has 42 heavy (non-hydrogen) atoms. The summed E-state index contributed by atoms with van der Waals surface area (Å²) in [6, 6.07) is 11.9. The molecule has 0 heterocycles. The number of methoxy groups -OCH3 is 1. The fourth-order valence-corrected chi connectivity index (χ4v) is 5.06. The molecule has 2 aromatic rings. The van der Waals surface area contributed by atoms with E-state index in [9.17, 15) is 14.4 Å². The summed E-state index contributed by atoms with van der Waals surface area (Å²) in [5.74, 6) is -0.557. The van der Waals surface area contributed by atoms with Gasteiger partial charge in [0.15, 0.2) is 0 Å². The quantitative estimate of drug-likeness (QED) is 0.0918. The highest BCUT2D eigenvalue weighted by Crippen LogP contribution is 2.33. The molecule has 0 unspecified atom stereocenters. The van der Waals surface area contributed by atoms with Crippen molar-refractivity contribution < 1.29 is 33.3 Å². The number of hydrogen-bond acceptors (Lipinski definition) is 7. The van der Waals surface area contributed by atoms with E-state index < -0.39 is 17.9 Å². The first kappa shape index (κ1) is 32.8. The Kier molecular flexibility index (Phi) is 13.0. The zero-order valence-electron chi connectivity index (χ0n) is 25.2. The zero-order valence-corrected chi connectivity index (χ0v) is 25.2. The van der Waals surface area contributed by atoms with Crippen LogP contribution in [0, 0.1) is 5.92 Å². The van der Waals surface area contributed by atoms with Crippen LogP contribution in [0.4, 0.5) is 0 Å². The molecule has 2 aromatic carbocycles. The van der Waals surface area contributed by atoms with Gasteiger partial charge in [-0.2, -0.15) is 0 Å². The lowest BCUT2D eigenvalue weighted by atomic mass is 9.84. The molecule has 0 amide bonds. The standard InChI is InChI=1S/C35H44O7/c1-6-7-8-9-10-11-26-12-17-29(18-13-26)41-35(38)31-22-28(16-21-32(31)42-34(37)25(4)23-39-5)27-14-19-30(20-15-27)40-33(36)24(2)3/h14-16,19-22,26,29H,2,4,6-13,17-18,23H2,1,3,5H3. The number of hydrogen-bond donors (Lipinski definition) is 0. The Morgan fingerprint density at radius 2 is 1.50 bits per heavy atom. The molecule has 1 saturated carbocycles. The Hall–Kier alpha value is -3.71. The third-order valence-corrected chi connectivity index (χ3v) is 7.54. The fraction of sp³-hybridized carbons (Fsp3) is 0.457. The van der Waals surface area contributed by atoms with Gasteiger partial charge in [0, 0.05) is 12.7 Å². The molecule has 0 N–H and O–H groups in total. The normalized spacial score (nSPS) is 16.4. The summed E-state index contributed by atoms with van der Waals surface area (Å²) >= 11 is 0. The maximum Gasteiger partial charge on any atom is 0.342 e. The summed E-state index contributed by atoms with van der Waals surface area (Å²) in [5, 5.41) is 0. The minimum Gasteiger partial charge on any atom is -0.459 e. The number of rotatable bonds is 15. The average molecular weight is 577 g/mol. The van der Waals surface area contributed by atoms with E-state index in [0.717, 1.165) is 31.2 Å². The van der Waals surface area contributed by atoms with E-state index in [-0.39, 0.29) is 29.6 Å². The van der Waals surface area contributed by atoms with Crippen LogP contribution in [-0.4, -0.2) is 37.7 Å². The lowest BCUT2D eigenvalue weighted by Crippen LogP contribution is -2.25. The maximum absolute atomic E-state index is 13.5. The van der Waals surface area contributed by atoms with Crippen molar-refractivity contribution in [2.24, 2.45) is 5.92 Å². The minimum atomic E-state index is -0.679. The van der Waals surface area contributed by atoms with Gasteiger partial charge >= 0.3 is 17.9 Å². The summed E-state index contributed by atoms with van der Waals surface area (Å²) in [4.78, 5) is 37.9. The molecule has 1 fully saturated rings. The van der Waals surface area contributed by atoms with Crippen LogP contribution in [0.25, 0.3) is 11.1 Å². The van der Waals surface area contributed by atoms with Gasteiger partial charge in [-0.25, -0.2) is 14.4 Å². The van der Waals surface area contributed by atoms with Gasteiger partial charge in [0.25, 0.3) is 0 Å². The highest BCUT2D eigenvalue weighted by Gasteiger charge is 2.26. The average Bonchev–Trinajstić information content (AvgIpc) is 2.98. The van der Waals surface area contributed by atoms with E-state index in [1.807, 2.05) is 0 Å². The summed E-state index contributed by atoms with van der Waals surface area (Å²) in [5.41, 5.74) is 2.08. The molecule has 1 aliphatic rings. The Labute approximate surface area is 249 Å². The van der Waals surface area contributed by atoms with Gasteiger partial charge in [-0.05, 0) is 73.9 Å². The fourth-order valence-electron chi connectivity index (χ4n) is 5.06. The van der Waals surface area contributed by atoms with Crippen LogP contribution in [0.5, 0.6) is 11.5 Å². The van der Waals surface area contributed by atoms with Gasteiger partial charge in [-0.3, -0.25) is 0 Å². The van der Waals surface area contributed by atoms with Crippen molar-refractivity contribution in [1.29, 1.82) is 0 Å². The molecule has 0 aromatic heterocycles. The smallest absolute Gasteiger partial charge is 0.342 e. The number of unbranched alkanes of at least 4 members (excludes halogenated alkanes) is 4. The Morgan fingerprint density at radius 1 is 0.833 bits per heavy atom. The molecule has 1 aliphatic carbocycles. The predicted molar refractivity (Wildman–Crippen MR) is 164 cm³/mol. The topological polar surface area (TPSA) is 88.1 Å². The molecule has 3 rings (SSSR count). The van der Waals surface area contributed by atoms with Crippen molar-refractivity contribution >= 4 is 17.9 Å². The summed E-state index contributed by atoms with van der Waals surface area (Å²) in [6.07, 6.45) is 11.2. The lowest BCUT2D eigenvalue weighted by Gasteiger charge is -2.28. The van der Waals surface area contributed by atoms with Gasteiger partial charge in [-0.1, -0.05) is 76.8 Å². The minimum absolute atomic E-state index is 0.0147. The second-order valence-corrected chi connectivity index (χ2v) is 11.1. The van der Waals surface area contributed by atoms with Crippen LogP contribution in [0.3, 0.4) is 0 Å². The maximum atomic E-state index is 13.5. The van der Waals surface area contributed by atoms with E-state index in [4.69, 9.17) is 18.9 Å². The van der Waals surface area contributed by atoms with Crippen LogP contribution < -0.4 is 9.47 Å². The third-order valence-electron chi connectivity index (χ3n) is 7.54. The number of carbonyl (C=O) groups is 3. The van der Waals surface area contributed by atoms with E-state index in [1.165, 1.54) is 45.6 Å². The number of ether oxygens (including phenoxy) is 4. The second kappa shape index (κ2) is 16.7. The SMILES string of the molecule is C=C(C)C(=O)Oc1ccc(-c2ccc(OC(=O)C(=C)COC)c(C(=O)OC3CCC(CCCCCCC)CC3)c2)cc1. The largest absolute Gasteiger partial charge is 0.459 e. The molecular formula is C35H44O7. The molecule has 7 nitrogen and oxygen atoms in total. The van der Waals surface area contributed by atoms with E-state index in [1.54, 1.807) is 49.4 Å². The van der Waals surface area contributed by atoms with Crippen LogP contribution in [-0.2, 0) is 19.1 Å². The van der Waals surface area contributed by atoms with Gasteiger partial charge in [0.2, 0.25) is 0 Å². The molecule has 0 radical (unpaired) electrons. The molecule has 0 atom stereocenters. The zero-order chi connectivity index (χ0) is 30.5. The van der Waals surface area contributed by atoms with Gasteiger partial charge in [0.1, 0.15) is 23.2 Å². The predicted octanol–water partition coefficient (Wildman–Crippen LogP) is 8.02. The van der Waals surface area contributed by atoms with Crippen LogP contribution in [0.2, 0.25) is 0 Å². The monoisotopic (exact) mass is 576 g/mol. The summed E-state index contributed by atoms with van der Waals surface area (Å²) in [7, 11) is 1.46. The Morgan fingerprint density at radius 3 is 2.14 bits per heavy atom. The molecule has 0 aliphatic heterocycles. The van der Waals surface area contributed by atoms with E-state index >= 15 is 0 Å². The second-order valence-electron chi connectivity index (χ2n) is 11.1. The molecule has 0 saturated heterocycles. The van der Waals surface area contributed by atoms with Crippen LogP contribution in [0.15, 0.2) is 66.8 Å². The molecule has 226 valence electrons. The number of carbonyl (C=O) groups excluding carboxylic acids is 3. The molecule has 0 bridgehead atoms. The Balaban J connectivity index is 1.72. The van der Waals surface area contributed by atoms with Crippen molar-refractivity contribution in [2.45, 2.75) is 84.2 Å². The number of benzene rings is 2. The van der Waals surface area contributed by atoms with Crippen molar-refractivity contribution in [3.05, 3.63) is 72.3 Å². The number of esters is 3.